The molecule has 1 unspecified atom stereocenters. The lowest BCUT2D eigenvalue weighted by Gasteiger charge is -2.30. The van der Waals surface area contributed by atoms with Crippen molar-refractivity contribution in [3.8, 4) is 22.9 Å². The van der Waals surface area contributed by atoms with E-state index in [2.05, 4.69) is 16.0 Å². The number of rotatable bonds is 11. The standard InChI is InChI=1S/C46H56ClF2N6O7PS/c1-26(2)50-44-52-36(25-64-44)35-21-39(30-18-19-38(60-3)40(47)41(30)51-35)61-29-20-37-42(56)54-46(63(59)24-31-32(48)15-11-16-33(31)49)22-27(46)12-7-5-4-6-8-17-34(43(57)55(37)23-29)53-45(58)62-28-13-9-10-14-28/h11,15-16,18-19,21,25-29,34,37,63H,4-10,12-14,17,20,22-24H2,1-3H3,(H,50,52)(H,53,58)(H,54,56)/t27-,29+,34+,37+,46+/m1/s1. The molecule has 2 saturated carbocycles. The van der Waals surface area contributed by atoms with Crippen LogP contribution in [0.25, 0.3) is 22.3 Å². The van der Waals surface area contributed by atoms with E-state index in [1.54, 1.807) is 18.2 Å². The van der Waals surface area contributed by atoms with Crippen molar-refractivity contribution in [3.63, 3.8) is 0 Å². The van der Waals surface area contributed by atoms with E-state index in [0.29, 0.717) is 64.6 Å². The Morgan fingerprint density at radius 1 is 0.984 bits per heavy atom. The van der Waals surface area contributed by atoms with E-state index in [1.807, 2.05) is 19.2 Å². The number of nitrogens with zero attached hydrogens (tertiary/aromatic N) is 3. The molecule has 2 aliphatic heterocycles. The number of carbonyl (C=O) groups excluding carboxylic acids is 3. The van der Waals surface area contributed by atoms with Gasteiger partial charge in [-0.25, -0.2) is 23.5 Å². The highest BCUT2D eigenvalue weighted by atomic mass is 35.5. The second-order valence-corrected chi connectivity index (χ2v) is 21.1. The van der Waals surface area contributed by atoms with Crippen molar-refractivity contribution in [2.24, 2.45) is 5.92 Å². The van der Waals surface area contributed by atoms with Crippen LogP contribution in [0.3, 0.4) is 0 Å². The summed E-state index contributed by atoms with van der Waals surface area (Å²) in [5.41, 5.74) is 1.20. The summed E-state index contributed by atoms with van der Waals surface area (Å²) in [6.07, 6.45) is 6.96. The monoisotopic (exact) mass is 940 g/mol. The van der Waals surface area contributed by atoms with E-state index in [4.69, 9.17) is 35.8 Å². The normalized spacial score (nSPS) is 24.9. The molecule has 2 aliphatic carbocycles. The van der Waals surface area contributed by atoms with E-state index >= 15 is 0 Å². The number of nitrogens with one attached hydrogen (secondary N) is 3. The van der Waals surface area contributed by atoms with Gasteiger partial charge >= 0.3 is 6.09 Å². The maximum atomic E-state index is 14.9. The number of benzene rings is 2. The van der Waals surface area contributed by atoms with E-state index in [0.717, 1.165) is 63.5 Å². The van der Waals surface area contributed by atoms with Crippen molar-refractivity contribution in [2.75, 3.05) is 19.0 Å². The number of aromatic nitrogens is 2. The molecule has 8 rings (SSSR count). The number of fused-ring (bicyclic) bond motifs is 3. The largest absolute Gasteiger partial charge is 0.495 e. The van der Waals surface area contributed by atoms with Crippen molar-refractivity contribution in [3.05, 3.63) is 64.0 Å². The van der Waals surface area contributed by atoms with E-state index < -0.39 is 60.8 Å². The third-order valence-corrected chi connectivity index (χ3v) is 16.5. The molecule has 4 heterocycles. The Kier molecular flexibility index (Phi) is 14.3. The molecule has 6 atom stereocenters. The van der Waals surface area contributed by atoms with Crippen LogP contribution in [0.1, 0.15) is 103 Å². The summed E-state index contributed by atoms with van der Waals surface area (Å²) in [4.78, 5) is 54.1. The van der Waals surface area contributed by atoms with Crippen molar-refractivity contribution in [1.82, 2.24) is 25.5 Å². The maximum absolute atomic E-state index is 14.9. The van der Waals surface area contributed by atoms with Crippen LogP contribution >= 0.6 is 30.7 Å². The van der Waals surface area contributed by atoms with Crippen molar-refractivity contribution < 1.29 is 41.9 Å². The molecular formula is C46H56ClF2N6O7PS. The number of halogens is 3. The Morgan fingerprint density at radius 2 is 1.70 bits per heavy atom. The van der Waals surface area contributed by atoms with E-state index in [9.17, 15) is 27.7 Å². The molecule has 0 radical (unpaired) electrons. The minimum atomic E-state index is -2.87. The van der Waals surface area contributed by atoms with Crippen LogP contribution in [0, 0.1) is 17.6 Å². The van der Waals surface area contributed by atoms with Crippen molar-refractivity contribution in [2.45, 2.75) is 139 Å². The lowest BCUT2D eigenvalue weighted by Crippen LogP contribution is -2.55. The molecule has 13 nitrogen and oxygen atoms in total. The first kappa shape index (κ1) is 46.0. The molecule has 64 heavy (non-hydrogen) atoms. The van der Waals surface area contributed by atoms with Gasteiger partial charge in [-0.2, -0.15) is 0 Å². The Balaban J connectivity index is 1.13. The van der Waals surface area contributed by atoms with Crippen molar-refractivity contribution >= 4 is 64.7 Å². The summed E-state index contributed by atoms with van der Waals surface area (Å²) in [7, 11) is -1.36. The fourth-order valence-corrected chi connectivity index (χ4v) is 12.9. The number of anilines is 1. The highest BCUT2D eigenvalue weighted by molar-refractivity contribution is 7.46. The zero-order chi connectivity index (χ0) is 45.1. The number of carbonyl (C=O) groups is 3. The Labute approximate surface area is 381 Å². The summed E-state index contributed by atoms with van der Waals surface area (Å²) >= 11 is 8.31. The molecular weight excluding hydrogens is 885 g/mol. The third kappa shape index (κ3) is 10.1. The molecule has 3 N–H and O–H groups in total. The molecule has 3 amide bonds. The predicted molar refractivity (Wildman–Crippen MR) is 244 cm³/mol. The molecule has 18 heteroatoms. The van der Waals surface area contributed by atoms with Gasteiger partial charge in [-0.1, -0.05) is 49.8 Å². The zero-order valence-corrected chi connectivity index (χ0v) is 38.9. The summed E-state index contributed by atoms with van der Waals surface area (Å²) in [5.74, 6) is -1.95. The molecule has 0 bridgehead atoms. The van der Waals surface area contributed by atoms with Crippen LogP contribution < -0.4 is 25.4 Å². The molecule has 4 aliphatic rings. The zero-order valence-electron chi connectivity index (χ0n) is 36.4. The summed E-state index contributed by atoms with van der Waals surface area (Å²) in [5, 5.41) is 11.5. The fraction of sp³-hybridized carbons (Fsp3) is 0.543. The molecule has 2 saturated heterocycles. The number of alkyl carbamates (subject to hydrolysis) is 1. The summed E-state index contributed by atoms with van der Waals surface area (Å²) < 4.78 is 62.3. The Morgan fingerprint density at radius 3 is 2.44 bits per heavy atom. The minimum Gasteiger partial charge on any atom is -0.495 e. The van der Waals surface area contributed by atoms with Gasteiger partial charge in [-0.3, -0.25) is 9.59 Å². The topological polar surface area (TPSA) is 161 Å². The van der Waals surface area contributed by atoms with Crippen LogP contribution in [-0.2, 0) is 25.1 Å². The van der Waals surface area contributed by atoms with Gasteiger partial charge < -0.3 is 39.6 Å². The van der Waals surface area contributed by atoms with Crippen LogP contribution in [0.15, 0.2) is 41.8 Å². The van der Waals surface area contributed by atoms with Gasteiger partial charge in [-0.15, -0.1) is 11.3 Å². The van der Waals surface area contributed by atoms with Gasteiger partial charge in [0, 0.05) is 41.0 Å². The van der Waals surface area contributed by atoms with Crippen LogP contribution in [0.2, 0.25) is 5.02 Å². The van der Waals surface area contributed by atoms with Gasteiger partial charge in [0.2, 0.25) is 11.8 Å². The molecule has 344 valence electrons. The maximum Gasteiger partial charge on any atom is 0.408 e. The van der Waals surface area contributed by atoms with Gasteiger partial charge in [0.1, 0.15) is 65.9 Å². The Hall–Kier alpha value is -4.53. The first-order valence-electron chi connectivity index (χ1n) is 22.5. The summed E-state index contributed by atoms with van der Waals surface area (Å²) in [6.45, 7) is 4.01. The van der Waals surface area contributed by atoms with Crippen LogP contribution in [-0.4, -0.2) is 82.0 Å². The lowest BCUT2D eigenvalue weighted by atomic mass is 10.0. The quantitative estimate of drug-likeness (QED) is 0.124. The highest BCUT2D eigenvalue weighted by Crippen LogP contribution is 2.63. The second-order valence-electron chi connectivity index (χ2n) is 17.8. The second kappa shape index (κ2) is 19.9. The molecule has 4 aromatic rings. The number of methoxy groups -OCH3 is 1. The van der Waals surface area contributed by atoms with Crippen molar-refractivity contribution in [1.29, 1.82) is 0 Å². The predicted octanol–water partition coefficient (Wildman–Crippen LogP) is 9.84. The van der Waals surface area contributed by atoms with Gasteiger partial charge in [0.15, 0.2) is 5.13 Å². The highest BCUT2D eigenvalue weighted by Gasteiger charge is 2.60. The van der Waals surface area contributed by atoms with Gasteiger partial charge in [0.05, 0.1) is 30.1 Å². The molecule has 2 aromatic carbocycles. The SMILES string of the molecule is COc1ccc2c(O[C@H]3C[C@H]4C(=O)N[C@]5([PH](=O)Cc6c(F)cccc6F)C[C@H]5CCCCCCC[C@H](NC(=O)OC5CCCC5)C(=O)N4C3)cc(-c3csc(NC(C)C)n3)nc2c1Cl. The molecule has 2 aromatic heterocycles. The average Bonchev–Trinajstić information content (AvgIpc) is 3.69. The first-order valence-corrected chi connectivity index (χ1v) is 25.3. The number of hydrogen-bond acceptors (Lipinski definition) is 11. The van der Waals surface area contributed by atoms with Crippen LogP contribution in [0.5, 0.6) is 11.5 Å². The number of amides is 3. The van der Waals surface area contributed by atoms with E-state index in [1.165, 1.54) is 29.4 Å². The summed E-state index contributed by atoms with van der Waals surface area (Å²) in [6, 6.07) is 6.86. The molecule has 0 spiro atoms. The smallest absolute Gasteiger partial charge is 0.408 e. The van der Waals surface area contributed by atoms with Crippen LogP contribution in [0.4, 0.5) is 18.7 Å². The third-order valence-electron chi connectivity index (χ3n) is 12.9. The average molecular weight is 941 g/mol. The molecule has 4 fully saturated rings. The number of hydrogen-bond donors (Lipinski definition) is 3. The minimum absolute atomic E-state index is 0.0268. The van der Waals surface area contributed by atoms with Gasteiger partial charge in [0.25, 0.3) is 0 Å². The fourth-order valence-electron chi connectivity index (χ4n) is 9.48. The Bertz CT molecular complexity index is 2380. The number of thiazole rings is 1. The lowest BCUT2D eigenvalue weighted by molar-refractivity contribution is -0.140. The van der Waals surface area contributed by atoms with Gasteiger partial charge in [-0.05, 0) is 89.0 Å². The number of ether oxygens (including phenoxy) is 3. The first-order chi connectivity index (χ1) is 30.8. The number of pyridine rings is 1. The van der Waals surface area contributed by atoms with E-state index in [-0.39, 0.29) is 47.8 Å².